The average Bonchev–Trinajstić information content (AvgIpc) is 3.08. The molecule has 0 aliphatic carbocycles. The van der Waals surface area contributed by atoms with Crippen molar-refractivity contribution >= 4 is 32.7 Å². The molecule has 2 heterocycles. The van der Waals surface area contributed by atoms with Crippen LogP contribution in [0.2, 0.25) is 0 Å². The number of hydrogen-bond donors (Lipinski definition) is 0. The minimum absolute atomic E-state index is 0.881. The minimum Gasteiger partial charge on any atom is -0.256 e. The van der Waals surface area contributed by atoms with Gasteiger partial charge in [0, 0.05) is 28.1 Å². The van der Waals surface area contributed by atoms with Crippen molar-refractivity contribution in [3.63, 3.8) is 0 Å². The van der Waals surface area contributed by atoms with Crippen LogP contribution in [0, 0.1) is 0 Å². The summed E-state index contributed by atoms with van der Waals surface area (Å²) in [5.74, 6) is 0. The third-order valence-corrected chi connectivity index (χ3v) is 7.89. The molecular formula is C39H25N3. The van der Waals surface area contributed by atoms with Gasteiger partial charge in [-0.3, -0.25) is 4.98 Å². The van der Waals surface area contributed by atoms with Crippen molar-refractivity contribution in [1.29, 1.82) is 0 Å². The lowest BCUT2D eigenvalue weighted by Gasteiger charge is -2.13. The molecule has 196 valence electrons. The van der Waals surface area contributed by atoms with Gasteiger partial charge in [-0.2, -0.15) is 0 Å². The number of para-hydroxylation sites is 2. The Bertz CT molecular complexity index is 2250. The van der Waals surface area contributed by atoms with Gasteiger partial charge in [0.05, 0.1) is 27.9 Å². The second-order valence-electron chi connectivity index (χ2n) is 10.5. The van der Waals surface area contributed by atoms with Gasteiger partial charge in [0.1, 0.15) is 0 Å². The summed E-state index contributed by atoms with van der Waals surface area (Å²) < 4.78 is 0. The Morgan fingerprint density at radius 3 is 1.79 bits per heavy atom. The summed E-state index contributed by atoms with van der Waals surface area (Å²) in [6, 6.07) is 50.8. The summed E-state index contributed by atoms with van der Waals surface area (Å²) in [5, 5.41) is 3.52. The first-order valence-electron chi connectivity index (χ1n) is 14.1. The number of benzene rings is 6. The molecule has 3 nitrogen and oxygen atoms in total. The molecule has 0 radical (unpaired) electrons. The van der Waals surface area contributed by atoms with Crippen LogP contribution in [0.3, 0.4) is 0 Å². The molecule has 0 aliphatic heterocycles. The van der Waals surface area contributed by atoms with E-state index in [0.717, 1.165) is 55.6 Å². The standard InChI is InChI=1S/C39H25N3/c1-2-10-26(11-3-1)38-39(42-36-20-5-4-19-35(36)41-38)31-15-7-13-29(25-31)28-12-6-14-30(24-28)32-17-8-18-34-33(32)22-21-27-16-9-23-40-37(27)34/h1-25H. The minimum atomic E-state index is 0.881. The van der Waals surface area contributed by atoms with Gasteiger partial charge in [0.2, 0.25) is 0 Å². The van der Waals surface area contributed by atoms with Crippen molar-refractivity contribution in [2.45, 2.75) is 0 Å². The zero-order valence-corrected chi connectivity index (χ0v) is 22.8. The molecule has 0 unspecified atom stereocenters. The third kappa shape index (κ3) is 4.20. The van der Waals surface area contributed by atoms with E-state index in [2.05, 4.69) is 102 Å². The predicted octanol–water partition coefficient (Wildman–Crippen LogP) is 10.00. The SMILES string of the molecule is c1ccc(-c2nc3ccccc3nc2-c2cccc(-c3cccc(-c4cccc5c4ccc4cccnc45)c3)c2)cc1. The monoisotopic (exact) mass is 535 g/mol. The molecule has 2 aromatic heterocycles. The summed E-state index contributed by atoms with van der Waals surface area (Å²) >= 11 is 0. The molecule has 0 atom stereocenters. The topological polar surface area (TPSA) is 38.7 Å². The van der Waals surface area contributed by atoms with E-state index < -0.39 is 0 Å². The van der Waals surface area contributed by atoms with Crippen LogP contribution >= 0.6 is 0 Å². The first-order valence-corrected chi connectivity index (χ1v) is 14.1. The van der Waals surface area contributed by atoms with E-state index in [1.165, 1.54) is 21.9 Å². The molecule has 8 rings (SSSR count). The van der Waals surface area contributed by atoms with Crippen molar-refractivity contribution in [3.8, 4) is 44.8 Å². The van der Waals surface area contributed by atoms with Crippen LogP contribution in [0.25, 0.3) is 77.5 Å². The summed E-state index contributed by atoms with van der Waals surface area (Å²) in [7, 11) is 0. The number of aromatic nitrogens is 3. The van der Waals surface area contributed by atoms with Gasteiger partial charge in [-0.25, -0.2) is 9.97 Å². The highest BCUT2D eigenvalue weighted by Gasteiger charge is 2.14. The highest BCUT2D eigenvalue weighted by Crippen LogP contribution is 2.36. The van der Waals surface area contributed by atoms with Crippen molar-refractivity contribution in [2.24, 2.45) is 0 Å². The van der Waals surface area contributed by atoms with E-state index in [1.807, 2.05) is 54.7 Å². The number of nitrogens with zero attached hydrogens (tertiary/aromatic N) is 3. The van der Waals surface area contributed by atoms with E-state index in [4.69, 9.17) is 9.97 Å². The summed E-state index contributed by atoms with van der Waals surface area (Å²) in [4.78, 5) is 14.9. The predicted molar refractivity (Wildman–Crippen MR) is 174 cm³/mol. The molecule has 0 N–H and O–H groups in total. The Labute approximate surface area is 243 Å². The quantitative estimate of drug-likeness (QED) is 0.211. The van der Waals surface area contributed by atoms with Crippen molar-refractivity contribution in [2.75, 3.05) is 0 Å². The maximum Gasteiger partial charge on any atom is 0.0973 e. The fourth-order valence-corrected chi connectivity index (χ4v) is 5.86. The Hall–Kier alpha value is -5.67. The highest BCUT2D eigenvalue weighted by atomic mass is 14.8. The Balaban J connectivity index is 1.26. The second kappa shape index (κ2) is 10.1. The fourth-order valence-electron chi connectivity index (χ4n) is 5.86. The van der Waals surface area contributed by atoms with Gasteiger partial charge in [-0.15, -0.1) is 0 Å². The highest BCUT2D eigenvalue weighted by molar-refractivity contribution is 6.10. The van der Waals surface area contributed by atoms with Gasteiger partial charge in [0.25, 0.3) is 0 Å². The summed E-state index contributed by atoms with van der Waals surface area (Å²) in [6.45, 7) is 0. The maximum atomic E-state index is 5.11. The van der Waals surface area contributed by atoms with Gasteiger partial charge in [0.15, 0.2) is 0 Å². The van der Waals surface area contributed by atoms with E-state index in [9.17, 15) is 0 Å². The molecule has 0 fully saturated rings. The first-order chi connectivity index (χ1) is 20.8. The number of rotatable bonds is 4. The maximum absolute atomic E-state index is 5.11. The number of hydrogen-bond acceptors (Lipinski definition) is 3. The Kier molecular flexibility index (Phi) is 5.79. The van der Waals surface area contributed by atoms with E-state index in [1.54, 1.807) is 0 Å². The fraction of sp³-hybridized carbons (Fsp3) is 0. The lowest BCUT2D eigenvalue weighted by Crippen LogP contribution is -1.95. The van der Waals surface area contributed by atoms with E-state index in [0.29, 0.717) is 0 Å². The molecule has 0 spiro atoms. The Morgan fingerprint density at radius 2 is 1.00 bits per heavy atom. The molecule has 0 saturated carbocycles. The van der Waals surface area contributed by atoms with Crippen LogP contribution in [0.4, 0.5) is 0 Å². The number of fused-ring (bicyclic) bond motifs is 4. The van der Waals surface area contributed by atoms with Gasteiger partial charge in [-0.05, 0) is 58.0 Å². The van der Waals surface area contributed by atoms with Crippen molar-refractivity contribution in [1.82, 2.24) is 15.0 Å². The van der Waals surface area contributed by atoms with Gasteiger partial charge >= 0.3 is 0 Å². The van der Waals surface area contributed by atoms with Gasteiger partial charge < -0.3 is 0 Å². The molecule has 8 aromatic rings. The van der Waals surface area contributed by atoms with Crippen LogP contribution in [0.1, 0.15) is 0 Å². The molecule has 0 amide bonds. The van der Waals surface area contributed by atoms with Crippen LogP contribution in [0.15, 0.2) is 152 Å². The smallest absolute Gasteiger partial charge is 0.0973 e. The van der Waals surface area contributed by atoms with Crippen molar-refractivity contribution < 1.29 is 0 Å². The number of pyridine rings is 1. The van der Waals surface area contributed by atoms with Crippen molar-refractivity contribution in [3.05, 3.63) is 152 Å². The van der Waals surface area contributed by atoms with Crippen LogP contribution < -0.4 is 0 Å². The zero-order valence-electron chi connectivity index (χ0n) is 22.8. The zero-order chi connectivity index (χ0) is 27.9. The third-order valence-electron chi connectivity index (χ3n) is 7.89. The van der Waals surface area contributed by atoms with Crippen LogP contribution in [0.5, 0.6) is 0 Å². The normalized spacial score (nSPS) is 11.3. The first kappa shape index (κ1) is 24.2. The van der Waals surface area contributed by atoms with Crippen LogP contribution in [-0.4, -0.2) is 15.0 Å². The largest absolute Gasteiger partial charge is 0.256 e. The molecule has 6 aromatic carbocycles. The van der Waals surface area contributed by atoms with E-state index in [-0.39, 0.29) is 0 Å². The molecule has 3 heteroatoms. The van der Waals surface area contributed by atoms with Gasteiger partial charge in [-0.1, -0.05) is 115 Å². The average molecular weight is 536 g/mol. The van der Waals surface area contributed by atoms with Crippen LogP contribution in [-0.2, 0) is 0 Å². The molecule has 0 bridgehead atoms. The molecule has 42 heavy (non-hydrogen) atoms. The molecule has 0 saturated heterocycles. The van der Waals surface area contributed by atoms with E-state index >= 15 is 0 Å². The lowest BCUT2D eigenvalue weighted by atomic mass is 9.93. The summed E-state index contributed by atoms with van der Waals surface area (Å²) in [6.07, 6.45) is 1.87. The summed E-state index contributed by atoms with van der Waals surface area (Å²) in [5.41, 5.74) is 11.3. The molecule has 0 aliphatic rings. The molecular weight excluding hydrogens is 510 g/mol. The second-order valence-corrected chi connectivity index (χ2v) is 10.5. The lowest BCUT2D eigenvalue weighted by molar-refractivity contribution is 1.29. The Morgan fingerprint density at radius 1 is 0.381 bits per heavy atom.